The molecule has 4 N–H and O–H groups in total. The number of ether oxygens (including phenoxy) is 2. The Hall–Kier alpha value is -3.68. The summed E-state index contributed by atoms with van der Waals surface area (Å²) in [4.78, 5) is 13.1. The van der Waals surface area contributed by atoms with Gasteiger partial charge < -0.3 is 30.9 Å². The maximum Gasteiger partial charge on any atom is 0.417 e. The molecule has 1 saturated heterocycles. The lowest BCUT2D eigenvalue weighted by Crippen LogP contribution is -2.47. The van der Waals surface area contributed by atoms with E-state index in [-0.39, 0.29) is 21.7 Å². The fraction of sp³-hybridized carbons (Fsp3) is 0.381. The first-order valence-corrected chi connectivity index (χ1v) is 10.0. The molecule has 0 spiro atoms. The molecule has 35 heavy (non-hydrogen) atoms. The Kier molecular flexibility index (Phi) is 6.79. The highest BCUT2D eigenvalue weighted by atomic mass is 19.4. The van der Waals surface area contributed by atoms with Crippen molar-refractivity contribution in [1.29, 1.82) is 0 Å². The lowest BCUT2D eigenvalue weighted by Gasteiger charge is -2.32. The van der Waals surface area contributed by atoms with Gasteiger partial charge in [0, 0.05) is 29.5 Å². The molecule has 0 bridgehead atoms. The summed E-state index contributed by atoms with van der Waals surface area (Å²) in [6.45, 7) is 1.93. The Bertz CT molecular complexity index is 1180. The van der Waals surface area contributed by atoms with Crippen molar-refractivity contribution < 1.29 is 46.2 Å². The fourth-order valence-electron chi connectivity index (χ4n) is 4.06. The van der Waals surface area contributed by atoms with E-state index in [2.05, 4.69) is 10.5 Å². The van der Waals surface area contributed by atoms with Gasteiger partial charge in [-0.05, 0) is 13.0 Å². The van der Waals surface area contributed by atoms with Crippen molar-refractivity contribution in [2.45, 2.75) is 37.6 Å². The van der Waals surface area contributed by atoms with E-state index in [0.717, 1.165) is 38.4 Å². The number of hydrogen-bond acceptors (Lipinski definition) is 6. The first kappa shape index (κ1) is 25.9. The van der Waals surface area contributed by atoms with E-state index in [9.17, 15) is 32.0 Å². The fourth-order valence-corrected chi connectivity index (χ4v) is 4.06. The van der Waals surface area contributed by atoms with Gasteiger partial charge in [-0.1, -0.05) is 18.1 Å². The van der Waals surface area contributed by atoms with E-state index in [1.54, 1.807) is 0 Å². The van der Waals surface area contributed by atoms with Crippen LogP contribution in [0.15, 0.2) is 35.6 Å². The molecule has 190 valence electrons. The molecule has 0 radical (unpaired) electrons. The maximum atomic E-state index is 14.4. The number of amides is 1. The number of rotatable bonds is 5. The second kappa shape index (κ2) is 9.17. The zero-order valence-electron chi connectivity index (χ0n) is 18.6. The first-order valence-electron chi connectivity index (χ1n) is 10.0. The number of oxime groups is 1. The average molecular weight is 504 g/mol. The zero-order valence-corrected chi connectivity index (χ0v) is 18.6. The van der Waals surface area contributed by atoms with Crippen LogP contribution in [0.4, 0.5) is 27.6 Å². The summed E-state index contributed by atoms with van der Waals surface area (Å²) < 4.78 is 80.5. The molecule has 1 amide bonds. The number of aromatic nitrogens is 1. The smallest absolute Gasteiger partial charge is 0.417 e. The highest BCUT2D eigenvalue weighted by Crippen LogP contribution is 2.55. The van der Waals surface area contributed by atoms with Crippen LogP contribution in [0.5, 0.6) is 5.75 Å². The number of amidine groups is 1. The van der Waals surface area contributed by atoms with Crippen LogP contribution in [0.1, 0.15) is 31.0 Å². The monoisotopic (exact) mass is 504 g/mol. The molecule has 1 aromatic heterocycles. The van der Waals surface area contributed by atoms with E-state index in [1.165, 1.54) is 6.92 Å². The van der Waals surface area contributed by atoms with Gasteiger partial charge in [0.15, 0.2) is 23.4 Å². The standard InChI is InChI=1S/C21H21F5N4O5/c1-9-14(11-4-5-12(22)15(23)16(11)34-3)17(35-20(9,2)21(24,25)26)19(31)28-10-6-7-30(33)13(8-10)18(27)29-32/h4-9,14,17,32H,1-3H3,(H2,27,29)(H,28,31)/t9-,14-,17+,20+/m0/s1. The summed E-state index contributed by atoms with van der Waals surface area (Å²) in [5.74, 6) is -7.89. The normalized spacial score (nSPS) is 24.9. The average Bonchev–Trinajstić information content (AvgIpc) is 3.08. The van der Waals surface area contributed by atoms with Gasteiger partial charge in [0.2, 0.25) is 11.7 Å². The number of alkyl halides is 3. The van der Waals surface area contributed by atoms with E-state index in [4.69, 9.17) is 20.4 Å². The van der Waals surface area contributed by atoms with Crippen LogP contribution in [0.25, 0.3) is 0 Å². The van der Waals surface area contributed by atoms with Crippen molar-refractivity contribution in [3.63, 3.8) is 0 Å². The number of carbonyl (C=O) groups excluding carboxylic acids is 1. The van der Waals surface area contributed by atoms with Crippen molar-refractivity contribution in [2.75, 3.05) is 12.4 Å². The predicted octanol–water partition coefficient (Wildman–Crippen LogP) is 2.78. The molecule has 1 fully saturated rings. The first-order chi connectivity index (χ1) is 16.3. The van der Waals surface area contributed by atoms with Crippen molar-refractivity contribution in [3.8, 4) is 5.75 Å². The number of nitrogens with zero attached hydrogens (tertiary/aromatic N) is 2. The summed E-state index contributed by atoms with van der Waals surface area (Å²) in [5.41, 5.74) is 1.94. The molecule has 3 rings (SSSR count). The minimum absolute atomic E-state index is 0.0865. The third kappa shape index (κ3) is 4.40. The molecule has 14 heteroatoms. The van der Waals surface area contributed by atoms with Crippen LogP contribution in [0, 0.1) is 22.8 Å². The molecule has 1 aliphatic rings. The maximum absolute atomic E-state index is 14.4. The summed E-state index contributed by atoms with van der Waals surface area (Å²) in [7, 11) is 1.01. The van der Waals surface area contributed by atoms with Gasteiger partial charge in [-0.2, -0.15) is 22.3 Å². The molecule has 2 aromatic rings. The number of carbonyl (C=O) groups is 1. The second-order valence-corrected chi connectivity index (χ2v) is 8.04. The van der Waals surface area contributed by atoms with Crippen LogP contribution in [0.3, 0.4) is 0 Å². The SMILES string of the molecule is COc1c([C@H]2[C@H](C(=O)Nc3cc[n+]([O-])c(/C(N)=N/O)c3)O[C@@](C)(C(F)(F)F)[C@H]2C)ccc(F)c1F. The van der Waals surface area contributed by atoms with Gasteiger partial charge in [-0.3, -0.25) is 4.79 Å². The zero-order chi connectivity index (χ0) is 26.3. The lowest BCUT2D eigenvalue weighted by atomic mass is 9.77. The number of nitrogens with one attached hydrogen (secondary N) is 1. The molecule has 0 saturated carbocycles. The highest BCUT2D eigenvalue weighted by molar-refractivity contribution is 5.98. The summed E-state index contributed by atoms with van der Waals surface area (Å²) >= 11 is 0. The van der Waals surface area contributed by atoms with E-state index in [1.807, 2.05) is 0 Å². The molecule has 0 unspecified atom stereocenters. The number of methoxy groups -OCH3 is 1. The van der Waals surface area contributed by atoms with Crippen molar-refractivity contribution in [1.82, 2.24) is 0 Å². The molecule has 0 aliphatic carbocycles. The Morgan fingerprint density at radius 2 is 2.00 bits per heavy atom. The van der Waals surface area contributed by atoms with Crippen molar-refractivity contribution in [3.05, 3.63) is 58.6 Å². The van der Waals surface area contributed by atoms with E-state index in [0.29, 0.717) is 6.07 Å². The number of hydrogen-bond donors (Lipinski definition) is 3. The van der Waals surface area contributed by atoms with Gasteiger partial charge >= 0.3 is 6.18 Å². The van der Waals surface area contributed by atoms with Crippen LogP contribution in [0.2, 0.25) is 0 Å². The number of halogens is 5. The van der Waals surface area contributed by atoms with Gasteiger partial charge in [0.25, 0.3) is 11.6 Å². The predicted molar refractivity (Wildman–Crippen MR) is 111 cm³/mol. The van der Waals surface area contributed by atoms with Gasteiger partial charge in [0.05, 0.1) is 12.8 Å². The molecule has 1 aliphatic heterocycles. The Morgan fingerprint density at radius 1 is 1.34 bits per heavy atom. The van der Waals surface area contributed by atoms with Crippen LogP contribution >= 0.6 is 0 Å². The Morgan fingerprint density at radius 3 is 2.57 bits per heavy atom. The quantitative estimate of drug-likeness (QED) is 0.109. The van der Waals surface area contributed by atoms with E-state index >= 15 is 0 Å². The highest BCUT2D eigenvalue weighted by Gasteiger charge is 2.65. The Labute approximate surface area is 195 Å². The minimum Gasteiger partial charge on any atom is -0.618 e. The van der Waals surface area contributed by atoms with Crippen LogP contribution in [-0.4, -0.2) is 41.9 Å². The molecule has 1 aromatic carbocycles. The number of benzene rings is 1. The molecule has 2 heterocycles. The summed E-state index contributed by atoms with van der Waals surface area (Å²) in [6, 6.07) is 3.89. The summed E-state index contributed by atoms with van der Waals surface area (Å²) in [6.07, 6.45) is -5.84. The van der Waals surface area contributed by atoms with Crippen molar-refractivity contribution in [2.24, 2.45) is 16.8 Å². The van der Waals surface area contributed by atoms with Crippen LogP contribution in [-0.2, 0) is 9.53 Å². The summed E-state index contributed by atoms with van der Waals surface area (Å²) in [5, 5.41) is 25.6. The van der Waals surface area contributed by atoms with Crippen molar-refractivity contribution >= 4 is 17.4 Å². The molecule has 4 atom stereocenters. The number of anilines is 1. The minimum atomic E-state index is -4.93. The second-order valence-electron chi connectivity index (χ2n) is 8.04. The number of pyridine rings is 1. The van der Waals surface area contributed by atoms with Crippen LogP contribution < -0.4 is 20.5 Å². The molecular weight excluding hydrogens is 483 g/mol. The third-order valence-electron chi connectivity index (χ3n) is 6.13. The molecular formula is C21H21F5N4O5. The largest absolute Gasteiger partial charge is 0.618 e. The van der Waals surface area contributed by atoms with Gasteiger partial charge in [-0.15, -0.1) is 0 Å². The van der Waals surface area contributed by atoms with Gasteiger partial charge in [0.1, 0.15) is 6.10 Å². The lowest BCUT2D eigenvalue weighted by molar-refractivity contribution is -0.606. The topological polar surface area (TPSA) is 133 Å². The third-order valence-corrected chi connectivity index (χ3v) is 6.13. The van der Waals surface area contributed by atoms with E-state index < -0.39 is 58.8 Å². The van der Waals surface area contributed by atoms with Gasteiger partial charge in [-0.25, -0.2) is 4.39 Å². The molecule has 9 nitrogen and oxygen atoms in total. The Balaban J connectivity index is 2.08. The number of nitrogens with two attached hydrogens (primary N) is 1.